The van der Waals surface area contributed by atoms with Gasteiger partial charge in [-0.3, -0.25) is 0 Å². The molecule has 82 valence electrons. The van der Waals surface area contributed by atoms with Crippen LogP contribution in [0, 0.1) is 5.41 Å². The van der Waals surface area contributed by atoms with Crippen LogP contribution in [0.3, 0.4) is 0 Å². The summed E-state index contributed by atoms with van der Waals surface area (Å²) in [6.07, 6.45) is 9.04. The van der Waals surface area contributed by atoms with E-state index < -0.39 is 0 Å². The third-order valence-corrected chi connectivity index (χ3v) is 3.68. The Hall–Kier alpha value is -0.300. The van der Waals surface area contributed by atoms with E-state index in [9.17, 15) is 0 Å². The number of allylic oxidation sites excluding steroid dienone is 1. The fraction of sp³-hybridized carbons (Fsp3) is 0.846. The molecule has 0 amide bonds. The second kappa shape index (κ2) is 4.97. The molecule has 0 aromatic carbocycles. The summed E-state index contributed by atoms with van der Waals surface area (Å²) in [6.45, 7) is 7.01. The Morgan fingerprint density at radius 3 is 2.57 bits per heavy atom. The second-order valence-corrected chi connectivity index (χ2v) is 5.09. The van der Waals surface area contributed by atoms with Gasteiger partial charge in [-0.15, -0.1) is 0 Å². The van der Waals surface area contributed by atoms with Gasteiger partial charge >= 0.3 is 0 Å². The van der Waals surface area contributed by atoms with Gasteiger partial charge in [0.05, 0.1) is 0 Å². The van der Waals surface area contributed by atoms with E-state index in [0.717, 1.165) is 0 Å². The van der Waals surface area contributed by atoms with Crippen LogP contribution in [0.5, 0.6) is 0 Å². The van der Waals surface area contributed by atoms with Crippen LogP contribution in [0.4, 0.5) is 0 Å². The van der Waals surface area contributed by atoms with E-state index in [1.807, 2.05) is 0 Å². The molecule has 14 heavy (non-hydrogen) atoms. The number of likely N-dealkylation sites (N-methyl/N-ethyl adjacent to an activating group) is 1. The number of rotatable bonds is 4. The summed E-state index contributed by atoms with van der Waals surface area (Å²) < 4.78 is 0. The molecule has 0 saturated heterocycles. The number of hydrogen-bond acceptors (Lipinski definition) is 1. The molecule has 0 radical (unpaired) electrons. The SMILES string of the molecule is CCC(C)(C)C(NC)C1=CCCCC1. The summed E-state index contributed by atoms with van der Waals surface area (Å²) in [5, 5.41) is 3.49. The van der Waals surface area contributed by atoms with Crippen molar-refractivity contribution in [1.82, 2.24) is 5.32 Å². The van der Waals surface area contributed by atoms with E-state index in [2.05, 4.69) is 39.2 Å². The molecule has 1 atom stereocenters. The van der Waals surface area contributed by atoms with Crippen LogP contribution in [0.25, 0.3) is 0 Å². The van der Waals surface area contributed by atoms with Crippen molar-refractivity contribution >= 4 is 0 Å². The standard InChI is InChI=1S/C13H25N/c1-5-13(2,3)12(14-4)11-9-7-6-8-10-11/h9,12,14H,5-8,10H2,1-4H3. The molecule has 0 spiro atoms. The highest BCUT2D eigenvalue weighted by Gasteiger charge is 2.29. The first-order chi connectivity index (χ1) is 6.61. The summed E-state index contributed by atoms with van der Waals surface area (Å²) in [7, 11) is 2.09. The minimum Gasteiger partial charge on any atom is -0.313 e. The molecular weight excluding hydrogens is 170 g/mol. The van der Waals surface area contributed by atoms with Crippen LogP contribution in [-0.4, -0.2) is 13.1 Å². The molecule has 1 unspecified atom stereocenters. The first-order valence-corrected chi connectivity index (χ1v) is 5.98. The van der Waals surface area contributed by atoms with E-state index in [0.29, 0.717) is 11.5 Å². The normalized spacial score (nSPS) is 20.4. The first kappa shape index (κ1) is 11.8. The third kappa shape index (κ3) is 2.60. The predicted molar refractivity (Wildman–Crippen MR) is 63.5 cm³/mol. The molecule has 0 aromatic heterocycles. The van der Waals surface area contributed by atoms with Gasteiger partial charge in [-0.1, -0.05) is 32.4 Å². The highest BCUT2D eigenvalue weighted by Crippen LogP contribution is 2.33. The van der Waals surface area contributed by atoms with Crippen molar-refractivity contribution in [2.45, 2.75) is 58.9 Å². The molecule has 1 N–H and O–H groups in total. The molecular formula is C13H25N. The molecule has 1 aliphatic carbocycles. The zero-order valence-electron chi connectivity index (χ0n) is 10.2. The van der Waals surface area contributed by atoms with E-state index in [-0.39, 0.29) is 0 Å². The first-order valence-electron chi connectivity index (χ1n) is 5.98. The van der Waals surface area contributed by atoms with Crippen molar-refractivity contribution in [3.8, 4) is 0 Å². The quantitative estimate of drug-likeness (QED) is 0.677. The van der Waals surface area contributed by atoms with Gasteiger partial charge in [0.1, 0.15) is 0 Å². The van der Waals surface area contributed by atoms with E-state index in [4.69, 9.17) is 0 Å². The molecule has 0 heterocycles. The van der Waals surface area contributed by atoms with Crippen molar-refractivity contribution in [3.05, 3.63) is 11.6 Å². The summed E-state index contributed by atoms with van der Waals surface area (Å²) in [6, 6.07) is 0.577. The molecule has 0 fully saturated rings. The summed E-state index contributed by atoms with van der Waals surface area (Å²) in [4.78, 5) is 0. The minimum atomic E-state index is 0.387. The largest absolute Gasteiger partial charge is 0.313 e. The fourth-order valence-corrected chi connectivity index (χ4v) is 2.41. The fourth-order valence-electron chi connectivity index (χ4n) is 2.41. The summed E-state index contributed by atoms with van der Waals surface area (Å²) >= 11 is 0. The molecule has 1 aliphatic rings. The summed E-state index contributed by atoms with van der Waals surface area (Å²) in [5.74, 6) is 0. The molecule has 0 saturated carbocycles. The topological polar surface area (TPSA) is 12.0 Å². The monoisotopic (exact) mass is 195 g/mol. The Balaban J connectivity index is 2.74. The summed E-state index contributed by atoms with van der Waals surface area (Å²) in [5.41, 5.74) is 2.03. The molecule has 0 aromatic rings. The van der Waals surface area contributed by atoms with Gasteiger partial charge < -0.3 is 5.32 Å². The van der Waals surface area contributed by atoms with E-state index in [1.54, 1.807) is 5.57 Å². The van der Waals surface area contributed by atoms with Gasteiger partial charge in [-0.25, -0.2) is 0 Å². The van der Waals surface area contributed by atoms with Gasteiger partial charge in [0.15, 0.2) is 0 Å². The van der Waals surface area contributed by atoms with Gasteiger partial charge in [0.2, 0.25) is 0 Å². The third-order valence-electron chi connectivity index (χ3n) is 3.68. The maximum atomic E-state index is 3.49. The smallest absolute Gasteiger partial charge is 0.0328 e. The lowest BCUT2D eigenvalue weighted by molar-refractivity contribution is 0.264. The van der Waals surface area contributed by atoms with Crippen molar-refractivity contribution < 1.29 is 0 Å². The Bertz CT molecular complexity index is 203. The van der Waals surface area contributed by atoms with Crippen LogP contribution < -0.4 is 5.32 Å². The predicted octanol–water partition coefficient (Wildman–Crippen LogP) is 3.51. The van der Waals surface area contributed by atoms with Crippen molar-refractivity contribution in [3.63, 3.8) is 0 Å². The van der Waals surface area contributed by atoms with E-state index >= 15 is 0 Å². The average molecular weight is 195 g/mol. The lowest BCUT2D eigenvalue weighted by Crippen LogP contribution is -2.41. The Morgan fingerprint density at radius 1 is 1.43 bits per heavy atom. The molecule has 1 heteroatoms. The van der Waals surface area contributed by atoms with Crippen LogP contribution in [0.15, 0.2) is 11.6 Å². The molecule has 1 rings (SSSR count). The van der Waals surface area contributed by atoms with Crippen molar-refractivity contribution in [2.75, 3.05) is 7.05 Å². The highest BCUT2D eigenvalue weighted by molar-refractivity contribution is 5.16. The van der Waals surface area contributed by atoms with Crippen molar-refractivity contribution in [2.24, 2.45) is 5.41 Å². The van der Waals surface area contributed by atoms with E-state index in [1.165, 1.54) is 32.1 Å². The minimum absolute atomic E-state index is 0.387. The zero-order chi connectivity index (χ0) is 10.6. The maximum absolute atomic E-state index is 3.49. The van der Waals surface area contributed by atoms with Crippen LogP contribution in [0.1, 0.15) is 52.9 Å². The van der Waals surface area contributed by atoms with Gasteiger partial charge in [0.25, 0.3) is 0 Å². The molecule has 0 bridgehead atoms. The lowest BCUT2D eigenvalue weighted by Gasteiger charge is -2.36. The maximum Gasteiger partial charge on any atom is 0.0328 e. The van der Waals surface area contributed by atoms with Crippen LogP contribution in [-0.2, 0) is 0 Å². The molecule has 0 aliphatic heterocycles. The van der Waals surface area contributed by atoms with Crippen LogP contribution >= 0.6 is 0 Å². The zero-order valence-corrected chi connectivity index (χ0v) is 10.2. The number of nitrogens with one attached hydrogen (secondary N) is 1. The lowest BCUT2D eigenvalue weighted by atomic mass is 9.75. The van der Waals surface area contributed by atoms with Gasteiger partial charge in [-0.2, -0.15) is 0 Å². The van der Waals surface area contributed by atoms with Crippen LogP contribution in [0.2, 0.25) is 0 Å². The average Bonchev–Trinajstić information content (AvgIpc) is 2.20. The molecule has 1 nitrogen and oxygen atoms in total. The Kier molecular flexibility index (Phi) is 4.18. The van der Waals surface area contributed by atoms with Gasteiger partial charge in [-0.05, 0) is 44.6 Å². The van der Waals surface area contributed by atoms with Crippen molar-refractivity contribution in [1.29, 1.82) is 0 Å². The second-order valence-electron chi connectivity index (χ2n) is 5.09. The number of hydrogen-bond donors (Lipinski definition) is 1. The highest BCUT2D eigenvalue weighted by atomic mass is 14.9. The Labute approximate surface area is 89.0 Å². The van der Waals surface area contributed by atoms with Gasteiger partial charge in [0, 0.05) is 6.04 Å². The Morgan fingerprint density at radius 2 is 2.14 bits per heavy atom.